The number of carboxylic acids is 3. The van der Waals surface area contributed by atoms with Crippen molar-refractivity contribution in [2.45, 2.75) is 52.1 Å². The first kappa shape index (κ1) is 20.0. The zero-order valence-electron chi connectivity index (χ0n) is 12.7. The molecule has 0 rings (SSSR count). The third kappa shape index (κ3) is 3.62. The molecule has 0 aromatic rings. The molecule has 1 N–H and O–H groups in total. The van der Waals surface area contributed by atoms with Crippen molar-refractivity contribution in [3.05, 3.63) is 0 Å². The molecule has 0 bridgehead atoms. The Bertz CT molecular complexity index is 457. The second-order valence-electron chi connectivity index (χ2n) is 5.22. The Morgan fingerprint density at radius 2 is 1.36 bits per heavy atom. The van der Waals surface area contributed by atoms with Gasteiger partial charge in [-0.05, 0) is 19.3 Å². The molecule has 0 fully saturated rings. The van der Waals surface area contributed by atoms with E-state index in [1.807, 2.05) is 0 Å². The van der Waals surface area contributed by atoms with Crippen LogP contribution in [0.2, 0.25) is 0 Å². The van der Waals surface area contributed by atoms with E-state index < -0.39 is 47.0 Å². The molecule has 2 atom stereocenters. The lowest BCUT2D eigenvalue weighted by molar-refractivity contribution is -0.345. The second-order valence-corrected chi connectivity index (χ2v) is 5.22. The van der Waals surface area contributed by atoms with E-state index in [2.05, 4.69) is 0 Å². The molecule has 8 heteroatoms. The maximum atomic E-state index is 12.5. The van der Waals surface area contributed by atoms with Crippen molar-refractivity contribution < 1.29 is 39.6 Å². The quantitative estimate of drug-likeness (QED) is 0.412. The Balaban J connectivity index is 6.10. The summed E-state index contributed by atoms with van der Waals surface area (Å²) >= 11 is 0. The molecular weight excluding hydrogens is 296 g/mol. The Morgan fingerprint density at radius 3 is 1.59 bits per heavy atom. The minimum Gasteiger partial charge on any atom is -0.550 e. The van der Waals surface area contributed by atoms with Crippen molar-refractivity contribution in [1.82, 2.24) is 0 Å². The largest absolute Gasteiger partial charge is 0.550 e. The highest BCUT2D eigenvalue weighted by molar-refractivity contribution is 6.06. The predicted octanol–water partition coefficient (Wildman–Crippen LogP) is -3.24. The summed E-state index contributed by atoms with van der Waals surface area (Å²) < 4.78 is 0. The predicted molar refractivity (Wildman–Crippen MR) is 66.4 cm³/mol. The van der Waals surface area contributed by atoms with Gasteiger partial charge in [0.1, 0.15) is 5.60 Å². The van der Waals surface area contributed by atoms with Gasteiger partial charge in [-0.2, -0.15) is 0 Å². The number of rotatable bonds is 10. The number of ketones is 1. The standard InChI is InChI=1S/C14H22O8/c1-4-13(5-2,6-3)10(17)9(11(18)19)14(22,12(20)21)7-8(15)16/h9,22H,4-7H2,1-3H3,(H,15,16)(H,18,19)(H,20,21)/p-3. The summed E-state index contributed by atoms with van der Waals surface area (Å²) in [4.78, 5) is 45.6. The van der Waals surface area contributed by atoms with E-state index in [-0.39, 0.29) is 19.3 Å². The maximum Gasteiger partial charge on any atom is 0.150 e. The molecule has 0 heterocycles. The molecule has 22 heavy (non-hydrogen) atoms. The van der Waals surface area contributed by atoms with Gasteiger partial charge in [0.05, 0.1) is 17.9 Å². The van der Waals surface area contributed by atoms with Crippen molar-refractivity contribution in [3.8, 4) is 0 Å². The molecule has 8 nitrogen and oxygen atoms in total. The van der Waals surface area contributed by atoms with Crippen LogP contribution in [0, 0.1) is 11.3 Å². The number of hydrogen-bond donors (Lipinski definition) is 1. The van der Waals surface area contributed by atoms with Crippen LogP contribution in [0.1, 0.15) is 46.5 Å². The highest BCUT2D eigenvalue weighted by atomic mass is 16.4. The third-order valence-corrected chi connectivity index (χ3v) is 4.30. The van der Waals surface area contributed by atoms with Gasteiger partial charge in [0, 0.05) is 17.8 Å². The summed E-state index contributed by atoms with van der Waals surface area (Å²) in [6, 6.07) is 0. The molecular formula is C14H19O8-3. The molecule has 0 spiro atoms. The van der Waals surface area contributed by atoms with Gasteiger partial charge >= 0.3 is 0 Å². The van der Waals surface area contributed by atoms with Crippen LogP contribution < -0.4 is 15.3 Å². The van der Waals surface area contributed by atoms with Crippen LogP contribution >= 0.6 is 0 Å². The zero-order valence-corrected chi connectivity index (χ0v) is 12.7. The monoisotopic (exact) mass is 315 g/mol. The summed E-state index contributed by atoms with van der Waals surface area (Å²) in [7, 11) is 0. The smallest absolute Gasteiger partial charge is 0.150 e. The Morgan fingerprint density at radius 1 is 0.955 bits per heavy atom. The molecule has 126 valence electrons. The molecule has 0 saturated heterocycles. The number of carboxylic acid groups (broad SMARTS) is 3. The highest BCUT2D eigenvalue weighted by Gasteiger charge is 2.49. The first-order valence-electron chi connectivity index (χ1n) is 6.91. The normalized spacial score (nSPS) is 15.6. The van der Waals surface area contributed by atoms with E-state index in [1.165, 1.54) is 0 Å². The lowest BCUT2D eigenvalue weighted by atomic mass is 9.67. The minimum atomic E-state index is -3.43. The van der Waals surface area contributed by atoms with E-state index in [1.54, 1.807) is 20.8 Å². The molecule has 0 saturated carbocycles. The second kappa shape index (κ2) is 7.35. The van der Waals surface area contributed by atoms with Crippen LogP contribution in [0.15, 0.2) is 0 Å². The third-order valence-electron chi connectivity index (χ3n) is 4.30. The van der Waals surface area contributed by atoms with Gasteiger partial charge in [0.2, 0.25) is 0 Å². The Hall–Kier alpha value is -1.96. The van der Waals surface area contributed by atoms with Crippen molar-refractivity contribution in [3.63, 3.8) is 0 Å². The fourth-order valence-corrected chi connectivity index (χ4v) is 2.61. The van der Waals surface area contributed by atoms with Crippen LogP contribution in [-0.4, -0.2) is 34.4 Å². The molecule has 0 aromatic heterocycles. The van der Waals surface area contributed by atoms with Gasteiger partial charge in [-0.15, -0.1) is 0 Å². The average Bonchev–Trinajstić information content (AvgIpc) is 2.39. The van der Waals surface area contributed by atoms with Gasteiger partial charge < -0.3 is 34.8 Å². The topological polar surface area (TPSA) is 158 Å². The molecule has 0 aliphatic carbocycles. The van der Waals surface area contributed by atoms with Crippen LogP contribution in [0.3, 0.4) is 0 Å². The first-order valence-corrected chi connectivity index (χ1v) is 6.91. The van der Waals surface area contributed by atoms with Crippen LogP contribution in [0.4, 0.5) is 0 Å². The number of carbonyl (C=O) groups is 4. The fourth-order valence-electron chi connectivity index (χ4n) is 2.61. The average molecular weight is 315 g/mol. The number of aliphatic carboxylic acids is 3. The van der Waals surface area contributed by atoms with Crippen molar-refractivity contribution in [1.29, 1.82) is 0 Å². The summed E-state index contributed by atoms with van der Waals surface area (Å²) in [6.07, 6.45) is -1.02. The molecule has 0 aliphatic rings. The molecule has 0 aliphatic heterocycles. The molecule has 0 radical (unpaired) electrons. The van der Waals surface area contributed by atoms with Gasteiger partial charge in [-0.25, -0.2) is 0 Å². The molecule has 0 aromatic carbocycles. The SMILES string of the molecule is CCC(CC)(CC)C(=O)C(C(=O)[O-])C(O)(CC(=O)[O-])C(=O)[O-]. The minimum absolute atomic E-state index is 0.192. The number of aliphatic hydroxyl groups is 1. The maximum absolute atomic E-state index is 12.5. The summed E-state index contributed by atoms with van der Waals surface area (Å²) in [5, 5.41) is 43.0. The van der Waals surface area contributed by atoms with Crippen molar-refractivity contribution in [2.24, 2.45) is 11.3 Å². The van der Waals surface area contributed by atoms with E-state index in [0.29, 0.717) is 0 Å². The molecule has 0 amide bonds. The number of carbonyl (C=O) groups excluding carboxylic acids is 4. The van der Waals surface area contributed by atoms with Crippen LogP contribution in [0.5, 0.6) is 0 Å². The lowest BCUT2D eigenvalue weighted by Crippen LogP contribution is -2.64. The van der Waals surface area contributed by atoms with Gasteiger partial charge in [0.15, 0.2) is 5.78 Å². The number of hydrogen-bond acceptors (Lipinski definition) is 8. The fraction of sp³-hybridized carbons (Fsp3) is 0.714. The zero-order chi connectivity index (χ0) is 17.7. The first-order chi connectivity index (χ1) is 10.0. The highest BCUT2D eigenvalue weighted by Crippen LogP contribution is 2.38. The lowest BCUT2D eigenvalue weighted by Gasteiger charge is -2.42. The van der Waals surface area contributed by atoms with Crippen molar-refractivity contribution in [2.75, 3.05) is 0 Å². The van der Waals surface area contributed by atoms with Gasteiger partial charge in [-0.1, -0.05) is 20.8 Å². The van der Waals surface area contributed by atoms with E-state index in [4.69, 9.17) is 0 Å². The Labute approximate surface area is 127 Å². The number of Topliss-reactive ketones (excluding diaryl/α,β-unsaturated/α-hetero) is 1. The summed E-state index contributed by atoms with van der Waals surface area (Å²) in [6.45, 7) is 4.82. The van der Waals surface area contributed by atoms with E-state index in [0.717, 1.165) is 0 Å². The van der Waals surface area contributed by atoms with Gasteiger partial charge in [0.25, 0.3) is 0 Å². The van der Waals surface area contributed by atoms with E-state index in [9.17, 15) is 39.6 Å². The summed E-state index contributed by atoms with van der Waals surface area (Å²) in [5.41, 5.74) is -4.64. The van der Waals surface area contributed by atoms with Crippen molar-refractivity contribution >= 4 is 23.7 Å². The van der Waals surface area contributed by atoms with E-state index >= 15 is 0 Å². The Kier molecular flexibility index (Phi) is 6.69. The van der Waals surface area contributed by atoms with Crippen LogP contribution in [0.25, 0.3) is 0 Å². The van der Waals surface area contributed by atoms with Crippen LogP contribution in [-0.2, 0) is 19.2 Å². The molecule has 2 unspecified atom stereocenters. The summed E-state index contributed by atoms with van der Waals surface area (Å²) in [5.74, 6) is -10.2. The van der Waals surface area contributed by atoms with Gasteiger partial charge in [-0.3, -0.25) is 4.79 Å².